The fraction of sp³-hybridized carbons (Fsp3) is 0.650. The summed E-state index contributed by atoms with van der Waals surface area (Å²) in [5.74, 6) is 0. The lowest BCUT2D eigenvalue weighted by Gasteiger charge is -2.33. The van der Waals surface area contributed by atoms with Crippen LogP contribution in [0, 0.1) is 10.1 Å². The van der Waals surface area contributed by atoms with Gasteiger partial charge in [-0.25, -0.2) is 4.79 Å². The van der Waals surface area contributed by atoms with Gasteiger partial charge in [-0.2, -0.15) is 0 Å². The molecule has 9 heteroatoms. The van der Waals surface area contributed by atoms with Crippen molar-refractivity contribution in [1.29, 1.82) is 0 Å². The zero-order chi connectivity index (χ0) is 21.6. The molecule has 1 saturated heterocycles. The van der Waals surface area contributed by atoms with Crippen LogP contribution >= 0.6 is 0 Å². The van der Waals surface area contributed by atoms with Gasteiger partial charge in [0.2, 0.25) is 0 Å². The van der Waals surface area contributed by atoms with Crippen LogP contribution in [0.15, 0.2) is 18.2 Å². The molecule has 1 aromatic rings. The molecule has 1 fully saturated rings. The first-order valence-corrected chi connectivity index (χ1v) is 9.75. The van der Waals surface area contributed by atoms with Gasteiger partial charge < -0.3 is 24.4 Å². The molecule has 29 heavy (non-hydrogen) atoms. The molecule has 0 aliphatic carbocycles. The van der Waals surface area contributed by atoms with Gasteiger partial charge in [-0.05, 0) is 46.2 Å². The van der Waals surface area contributed by atoms with Crippen LogP contribution in [0.2, 0.25) is 0 Å². The van der Waals surface area contributed by atoms with Gasteiger partial charge in [0.05, 0.1) is 36.9 Å². The molecule has 1 aliphatic rings. The molecule has 2 atom stereocenters. The highest BCUT2D eigenvalue weighted by Crippen LogP contribution is 2.26. The van der Waals surface area contributed by atoms with E-state index < -0.39 is 16.6 Å². The maximum absolute atomic E-state index is 11.8. The lowest BCUT2D eigenvalue weighted by Crippen LogP contribution is -2.41. The Morgan fingerprint density at radius 1 is 1.41 bits per heavy atom. The third-order valence-electron chi connectivity index (χ3n) is 4.18. The number of hydrogen-bond donors (Lipinski definition) is 1. The molecule has 0 radical (unpaired) electrons. The number of benzene rings is 1. The molecule has 0 spiro atoms. The van der Waals surface area contributed by atoms with E-state index in [0.29, 0.717) is 25.3 Å². The number of carbonyl (C=O) groups excluding carboxylic acids is 1. The van der Waals surface area contributed by atoms with Crippen LogP contribution in [0.4, 0.5) is 16.2 Å². The normalized spacial score (nSPS) is 18.2. The molecule has 0 bridgehead atoms. The lowest BCUT2D eigenvalue weighted by molar-refractivity contribution is -0.384. The molecule has 1 amide bonds. The van der Waals surface area contributed by atoms with Gasteiger partial charge >= 0.3 is 6.09 Å². The predicted molar refractivity (Wildman–Crippen MR) is 109 cm³/mol. The van der Waals surface area contributed by atoms with Crippen molar-refractivity contribution in [3.05, 3.63) is 33.9 Å². The quantitative estimate of drug-likeness (QED) is 0.544. The number of carbonyl (C=O) groups is 1. The molecule has 1 N–H and O–H groups in total. The summed E-state index contributed by atoms with van der Waals surface area (Å²) in [7, 11) is 0. The van der Waals surface area contributed by atoms with Crippen LogP contribution in [0.3, 0.4) is 0 Å². The standard InChI is InChI=1S/C20H31N3O6/c1-14(21-19(24)29-20(3,4)5)12-27-13-16-8-17(10-18(9-16)23(25)26)22-6-7-28-15(2)11-22/h8-10,14-15H,6-7,11-13H2,1-5H3,(H,21,24)/t14-,15-/m1/s1. The predicted octanol–water partition coefficient (Wildman–Crippen LogP) is 3.25. The number of rotatable bonds is 7. The fourth-order valence-electron chi connectivity index (χ4n) is 2.98. The zero-order valence-electron chi connectivity index (χ0n) is 17.8. The molecule has 0 aromatic heterocycles. The van der Waals surface area contributed by atoms with E-state index in [2.05, 4.69) is 10.2 Å². The molecule has 162 valence electrons. The van der Waals surface area contributed by atoms with Gasteiger partial charge in [-0.15, -0.1) is 0 Å². The van der Waals surface area contributed by atoms with Crippen molar-refractivity contribution in [2.24, 2.45) is 0 Å². The minimum absolute atomic E-state index is 0.0279. The number of ether oxygens (including phenoxy) is 3. The summed E-state index contributed by atoms with van der Waals surface area (Å²) in [5.41, 5.74) is 0.951. The first-order chi connectivity index (χ1) is 13.5. The Kier molecular flexibility index (Phi) is 7.80. The van der Waals surface area contributed by atoms with E-state index in [9.17, 15) is 14.9 Å². The van der Waals surface area contributed by atoms with Crippen molar-refractivity contribution in [3.8, 4) is 0 Å². The average Bonchev–Trinajstić information content (AvgIpc) is 2.59. The highest BCUT2D eigenvalue weighted by atomic mass is 16.6. The highest BCUT2D eigenvalue weighted by Gasteiger charge is 2.21. The first-order valence-electron chi connectivity index (χ1n) is 9.75. The maximum Gasteiger partial charge on any atom is 0.407 e. The number of alkyl carbamates (subject to hydrolysis) is 1. The molecule has 0 saturated carbocycles. The van der Waals surface area contributed by atoms with Crippen LogP contribution in [0.25, 0.3) is 0 Å². The topological polar surface area (TPSA) is 103 Å². The number of non-ortho nitro benzene ring substituents is 1. The SMILES string of the molecule is C[C@H](COCc1cc(N2CCO[C@H](C)C2)cc([N+](=O)[O-])c1)NC(=O)OC(C)(C)C. The Labute approximate surface area is 171 Å². The van der Waals surface area contributed by atoms with Gasteiger partial charge in [0.1, 0.15) is 5.60 Å². The number of nitro benzene ring substituents is 1. The van der Waals surface area contributed by atoms with E-state index >= 15 is 0 Å². The second-order valence-electron chi connectivity index (χ2n) is 8.30. The summed E-state index contributed by atoms with van der Waals surface area (Å²) in [5, 5.41) is 14.0. The van der Waals surface area contributed by atoms with E-state index in [-0.39, 0.29) is 31.0 Å². The number of morpholine rings is 1. The molecule has 9 nitrogen and oxygen atoms in total. The lowest BCUT2D eigenvalue weighted by atomic mass is 10.1. The highest BCUT2D eigenvalue weighted by molar-refractivity contribution is 5.68. The van der Waals surface area contributed by atoms with Crippen molar-refractivity contribution >= 4 is 17.5 Å². The van der Waals surface area contributed by atoms with Crippen molar-refractivity contribution < 1.29 is 23.9 Å². The van der Waals surface area contributed by atoms with Gasteiger partial charge in [0, 0.05) is 30.9 Å². The van der Waals surface area contributed by atoms with Crippen molar-refractivity contribution in [2.75, 3.05) is 31.2 Å². The van der Waals surface area contributed by atoms with Gasteiger partial charge in [-0.3, -0.25) is 10.1 Å². The monoisotopic (exact) mass is 409 g/mol. The van der Waals surface area contributed by atoms with Crippen LogP contribution in [-0.4, -0.2) is 55.1 Å². The Balaban J connectivity index is 1.95. The average molecular weight is 409 g/mol. The van der Waals surface area contributed by atoms with Gasteiger partial charge in [-0.1, -0.05) is 0 Å². The minimum atomic E-state index is -0.568. The summed E-state index contributed by atoms with van der Waals surface area (Å²) >= 11 is 0. The van der Waals surface area contributed by atoms with Crippen LogP contribution < -0.4 is 10.2 Å². The number of anilines is 1. The first kappa shape index (κ1) is 22.9. The molecular formula is C20H31N3O6. The molecule has 1 aromatic carbocycles. The Bertz CT molecular complexity index is 719. The maximum atomic E-state index is 11.8. The van der Waals surface area contributed by atoms with Crippen molar-refractivity contribution in [1.82, 2.24) is 5.32 Å². The van der Waals surface area contributed by atoms with Crippen LogP contribution in [0.5, 0.6) is 0 Å². The largest absolute Gasteiger partial charge is 0.444 e. The number of nitrogens with zero attached hydrogens (tertiary/aromatic N) is 2. The van der Waals surface area contributed by atoms with Crippen molar-refractivity contribution in [2.45, 2.75) is 59.0 Å². The number of nitro groups is 1. The van der Waals surface area contributed by atoms with E-state index in [4.69, 9.17) is 14.2 Å². The third-order valence-corrected chi connectivity index (χ3v) is 4.18. The van der Waals surface area contributed by atoms with Crippen LogP contribution in [0.1, 0.15) is 40.2 Å². The van der Waals surface area contributed by atoms with E-state index in [1.165, 1.54) is 6.07 Å². The summed E-state index contributed by atoms with van der Waals surface area (Å²) < 4.78 is 16.4. The van der Waals surface area contributed by atoms with E-state index in [1.54, 1.807) is 33.8 Å². The third kappa shape index (κ3) is 7.86. The second-order valence-corrected chi connectivity index (χ2v) is 8.30. The number of hydrogen-bond acceptors (Lipinski definition) is 7. The molecule has 1 aliphatic heterocycles. The molecule has 1 heterocycles. The smallest absolute Gasteiger partial charge is 0.407 e. The molecular weight excluding hydrogens is 378 g/mol. The summed E-state index contributed by atoms with van der Waals surface area (Å²) in [6, 6.07) is 4.73. The number of amides is 1. The fourth-order valence-corrected chi connectivity index (χ4v) is 2.98. The Morgan fingerprint density at radius 2 is 2.14 bits per heavy atom. The van der Waals surface area contributed by atoms with Gasteiger partial charge in [0.25, 0.3) is 5.69 Å². The van der Waals surface area contributed by atoms with Crippen molar-refractivity contribution in [3.63, 3.8) is 0 Å². The molecule has 2 rings (SSSR count). The number of nitrogens with one attached hydrogen (secondary N) is 1. The van der Waals surface area contributed by atoms with E-state index in [0.717, 1.165) is 5.69 Å². The summed E-state index contributed by atoms with van der Waals surface area (Å²) in [6.07, 6.45) is -0.435. The molecule has 0 unspecified atom stereocenters. The Hall–Kier alpha value is -2.39. The summed E-state index contributed by atoms with van der Waals surface area (Å²) in [6.45, 7) is 11.6. The minimum Gasteiger partial charge on any atom is -0.444 e. The summed E-state index contributed by atoms with van der Waals surface area (Å²) in [4.78, 5) is 24.8. The van der Waals surface area contributed by atoms with Crippen LogP contribution in [-0.2, 0) is 20.8 Å². The zero-order valence-corrected chi connectivity index (χ0v) is 17.8. The van der Waals surface area contributed by atoms with E-state index in [1.807, 2.05) is 13.0 Å². The van der Waals surface area contributed by atoms with Gasteiger partial charge in [0.15, 0.2) is 0 Å². The Morgan fingerprint density at radius 3 is 2.76 bits per heavy atom. The second kappa shape index (κ2) is 9.89.